The van der Waals surface area contributed by atoms with Crippen LogP contribution in [-0.2, 0) is 4.79 Å². The predicted octanol–water partition coefficient (Wildman–Crippen LogP) is 2.76. The molecule has 0 aliphatic carbocycles. The molecule has 0 N–H and O–H groups in total. The number of aldehydes is 1. The van der Waals surface area contributed by atoms with Crippen LogP contribution >= 0.6 is 0 Å². The van der Waals surface area contributed by atoms with Crippen molar-refractivity contribution in [1.29, 1.82) is 0 Å². The van der Waals surface area contributed by atoms with Crippen LogP contribution < -0.4 is 0 Å². The van der Waals surface area contributed by atoms with Crippen molar-refractivity contribution >= 4 is 6.29 Å². The molecule has 0 aliphatic heterocycles. The van der Waals surface area contributed by atoms with E-state index in [0.29, 0.717) is 0 Å². The maximum absolute atomic E-state index is 12.6. The van der Waals surface area contributed by atoms with E-state index in [4.69, 9.17) is 0 Å². The molecule has 0 aliphatic rings. The van der Waals surface area contributed by atoms with Gasteiger partial charge in [0.2, 0.25) is 0 Å². The van der Waals surface area contributed by atoms with Gasteiger partial charge in [0.05, 0.1) is 0 Å². The summed E-state index contributed by atoms with van der Waals surface area (Å²) in [4.78, 5) is 10.7. The second kappa shape index (κ2) is 4.17. The van der Waals surface area contributed by atoms with Crippen molar-refractivity contribution in [2.24, 2.45) is 5.92 Å². The summed E-state index contributed by atoms with van der Waals surface area (Å²) in [6, 6.07) is 6.09. The smallest absolute Gasteiger partial charge is 0.127 e. The third-order valence-electron chi connectivity index (χ3n) is 2.12. The average molecular weight is 180 g/mol. The SMILES string of the molecule is CC(C)[C@H](C=O)c1ccc(F)cc1. The van der Waals surface area contributed by atoms with Crippen LogP contribution in [0.15, 0.2) is 24.3 Å². The Kier molecular flexibility index (Phi) is 3.18. The zero-order valence-corrected chi connectivity index (χ0v) is 7.83. The van der Waals surface area contributed by atoms with Gasteiger partial charge in [0.1, 0.15) is 12.1 Å². The second-order valence-corrected chi connectivity index (χ2v) is 3.46. The zero-order valence-electron chi connectivity index (χ0n) is 7.83. The first-order valence-corrected chi connectivity index (χ1v) is 4.36. The molecular formula is C11H13FO. The van der Waals surface area contributed by atoms with Crippen molar-refractivity contribution in [2.45, 2.75) is 19.8 Å². The first-order chi connectivity index (χ1) is 6.15. The Balaban J connectivity index is 2.92. The normalized spacial score (nSPS) is 12.9. The van der Waals surface area contributed by atoms with Crippen molar-refractivity contribution in [3.05, 3.63) is 35.6 Å². The molecule has 1 rings (SSSR count). The highest BCUT2D eigenvalue weighted by molar-refractivity contribution is 5.62. The minimum Gasteiger partial charge on any atom is -0.303 e. The molecule has 0 amide bonds. The second-order valence-electron chi connectivity index (χ2n) is 3.46. The standard InChI is InChI=1S/C11H13FO/c1-8(2)11(7-13)9-3-5-10(12)6-4-9/h3-8,11H,1-2H3/t11-/m0/s1. The van der Waals surface area contributed by atoms with Crippen LogP contribution in [0.4, 0.5) is 4.39 Å². The molecule has 0 bridgehead atoms. The lowest BCUT2D eigenvalue weighted by Crippen LogP contribution is -2.07. The van der Waals surface area contributed by atoms with Crippen LogP contribution in [-0.4, -0.2) is 6.29 Å². The number of carbonyl (C=O) groups excluding carboxylic acids is 1. The molecule has 1 aromatic carbocycles. The highest BCUT2D eigenvalue weighted by Gasteiger charge is 2.14. The molecule has 70 valence electrons. The van der Waals surface area contributed by atoms with E-state index in [2.05, 4.69) is 0 Å². The molecule has 13 heavy (non-hydrogen) atoms. The van der Waals surface area contributed by atoms with Crippen LogP contribution in [0.1, 0.15) is 25.3 Å². The number of halogens is 1. The van der Waals surface area contributed by atoms with E-state index in [9.17, 15) is 9.18 Å². The highest BCUT2D eigenvalue weighted by Crippen LogP contribution is 2.21. The minimum absolute atomic E-state index is 0.124. The Bertz CT molecular complexity index is 277. The van der Waals surface area contributed by atoms with Crippen LogP contribution in [0.3, 0.4) is 0 Å². The van der Waals surface area contributed by atoms with Gasteiger partial charge in [0.25, 0.3) is 0 Å². The van der Waals surface area contributed by atoms with Gasteiger partial charge in [-0.15, -0.1) is 0 Å². The van der Waals surface area contributed by atoms with Crippen LogP contribution in [0.25, 0.3) is 0 Å². The molecule has 0 radical (unpaired) electrons. The fourth-order valence-corrected chi connectivity index (χ4v) is 1.31. The van der Waals surface area contributed by atoms with Gasteiger partial charge in [-0.1, -0.05) is 26.0 Å². The summed E-state index contributed by atoms with van der Waals surface area (Å²) in [5.74, 6) is -0.138. The highest BCUT2D eigenvalue weighted by atomic mass is 19.1. The van der Waals surface area contributed by atoms with E-state index < -0.39 is 0 Å². The lowest BCUT2D eigenvalue weighted by molar-refractivity contribution is -0.109. The van der Waals surface area contributed by atoms with Crippen molar-refractivity contribution < 1.29 is 9.18 Å². The Morgan fingerprint density at radius 3 is 2.15 bits per heavy atom. The molecule has 0 saturated heterocycles. The van der Waals surface area contributed by atoms with E-state index in [1.807, 2.05) is 13.8 Å². The summed E-state index contributed by atoms with van der Waals surface area (Å²) >= 11 is 0. The maximum Gasteiger partial charge on any atom is 0.127 e. The molecule has 0 unspecified atom stereocenters. The number of carbonyl (C=O) groups is 1. The van der Waals surface area contributed by atoms with Gasteiger partial charge >= 0.3 is 0 Å². The van der Waals surface area contributed by atoms with E-state index in [0.717, 1.165) is 11.8 Å². The number of rotatable bonds is 3. The quantitative estimate of drug-likeness (QED) is 0.654. The van der Waals surface area contributed by atoms with Crippen molar-refractivity contribution in [1.82, 2.24) is 0 Å². The van der Waals surface area contributed by atoms with Crippen molar-refractivity contribution in [3.63, 3.8) is 0 Å². The molecule has 1 atom stereocenters. The number of hydrogen-bond acceptors (Lipinski definition) is 1. The summed E-state index contributed by atoms with van der Waals surface area (Å²) in [6.07, 6.45) is 0.915. The molecular weight excluding hydrogens is 167 g/mol. The maximum atomic E-state index is 12.6. The Morgan fingerprint density at radius 2 is 1.77 bits per heavy atom. The van der Waals surface area contributed by atoms with Crippen molar-refractivity contribution in [3.8, 4) is 0 Å². The third-order valence-corrected chi connectivity index (χ3v) is 2.12. The predicted molar refractivity (Wildman–Crippen MR) is 50.0 cm³/mol. The minimum atomic E-state index is -0.267. The molecule has 0 heterocycles. The summed E-state index contributed by atoms with van der Waals surface area (Å²) in [5.41, 5.74) is 0.881. The van der Waals surface area contributed by atoms with E-state index in [1.165, 1.54) is 12.1 Å². The van der Waals surface area contributed by atoms with Crippen molar-refractivity contribution in [2.75, 3.05) is 0 Å². The zero-order chi connectivity index (χ0) is 9.84. The van der Waals surface area contributed by atoms with Gasteiger partial charge in [0, 0.05) is 5.92 Å². The summed E-state index contributed by atoms with van der Waals surface area (Å²) in [6.45, 7) is 3.95. The van der Waals surface area contributed by atoms with E-state index >= 15 is 0 Å². The third kappa shape index (κ3) is 2.38. The van der Waals surface area contributed by atoms with Gasteiger partial charge in [0.15, 0.2) is 0 Å². The lowest BCUT2D eigenvalue weighted by atomic mass is 9.90. The topological polar surface area (TPSA) is 17.1 Å². The number of hydrogen-bond donors (Lipinski definition) is 0. The fourth-order valence-electron chi connectivity index (χ4n) is 1.31. The van der Waals surface area contributed by atoms with Gasteiger partial charge < -0.3 is 4.79 Å². The lowest BCUT2D eigenvalue weighted by Gasteiger charge is -2.13. The Morgan fingerprint density at radius 1 is 1.23 bits per heavy atom. The molecule has 1 nitrogen and oxygen atoms in total. The molecule has 0 saturated carbocycles. The molecule has 0 aromatic heterocycles. The molecule has 0 spiro atoms. The summed E-state index contributed by atoms with van der Waals surface area (Å²) in [7, 11) is 0. The van der Waals surface area contributed by atoms with Gasteiger partial charge in [-0.2, -0.15) is 0 Å². The fraction of sp³-hybridized carbons (Fsp3) is 0.364. The first kappa shape index (κ1) is 9.90. The number of benzene rings is 1. The average Bonchev–Trinajstić information content (AvgIpc) is 2.09. The Labute approximate surface area is 77.6 Å². The molecule has 0 fully saturated rings. The monoisotopic (exact) mass is 180 g/mol. The Hall–Kier alpha value is -1.18. The van der Waals surface area contributed by atoms with E-state index in [1.54, 1.807) is 12.1 Å². The first-order valence-electron chi connectivity index (χ1n) is 4.36. The van der Waals surface area contributed by atoms with Crippen LogP contribution in [0.5, 0.6) is 0 Å². The van der Waals surface area contributed by atoms with Gasteiger partial charge in [-0.3, -0.25) is 0 Å². The largest absolute Gasteiger partial charge is 0.303 e. The van der Waals surface area contributed by atoms with Crippen LogP contribution in [0, 0.1) is 11.7 Å². The molecule has 1 aromatic rings. The molecule has 2 heteroatoms. The van der Waals surface area contributed by atoms with Gasteiger partial charge in [-0.05, 0) is 23.6 Å². The van der Waals surface area contributed by atoms with Gasteiger partial charge in [-0.25, -0.2) is 4.39 Å². The summed E-state index contributed by atoms with van der Waals surface area (Å²) < 4.78 is 12.6. The van der Waals surface area contributed by atoms with E-state index in [-0.39, 0.29) is 17.7 Å². The summed E-state index contributed by atoms with van der Waals surface area (Å²) in [5, 5.41) is 0. The van der Waals surface area contributed by atoms with Crippen LogP contribution in [0.2, 0.25) is 0 Å².